The second-order valence-corrected chi connectivity index (χ2v) is 7.75. The van der Waals surface area contributed by atoms with Gasteiger partial charge in [0.1, 0.15) is 6.61 Å². The molecule has 5 nitrogen and oxygen atoms in total. The Bertz CT molecular complexity index is 1080. The molecule has 0 aromatic heterocycles. The van der Waals surface area contributed by atoms with E-state index in [9.17, 15) is 9.59 Å². The quantitative estimate of drug-likeness (QED) is 0.645. The van der Waals surface area contributed by atoms with Crippen LogP contribution < -0.4 is 10.2 Å². The second kappa shape index (κ2) is 7.67. The number of ether oxygens (including phenoxy) is 1. The largest absolute Gasteiger partial charge is 0.447 e. The first kappa shape index (κ1) is 18.4. The van der Waals surface area contributed by atoms with E-state index in [1.807, 2.05) is 18.2 Å². The maximum absolute atomic E-state index is 12.7. The summed E-state index contributed by atoms with van der Waals surface area (Å²) < 4.78 is 4.97. The monoisotopic (exact) mass is 398 g/mol. The first-order valence-corrected chi connectivity index (χ1v) is 10.2. The summed E-state index contributed by atoms with van der Waals surface area (Å²) in [4.78, 5) is 26.0. The molecule has 1 aliphatic heterocycles. The molecule has 1 saturated carbocycles. The van der Waals surface area contributed by atoms with Gasteiger partial charge in [0.2, 0.25) is 0 Å². The smallest absolute Gasteiger partial charge is 0.414 e. The number of hydrogen-bond acceptors (Lipinski definition) is 3. The molecule has 5 heteroatoms. The fraction of sp³-hybridized carbons (Fsp3) is 0.200. The first-order valence-electron chi connectivity index (χ1n) is 10.2. The Labute approximate surface area is 175 Å². The minimum Gasteiger partial charge on any atom is -0.447 e. The minimum absolute atomic E-state index is 0.203. The van der Waals surface area contributed by atoms with Gasteiger partial charge in [-0.1, -0.05) is 48.5 Å². The molecule has 0 bridgehead atoms. The summed E-state index contributed by atoms with van der Waals surface area (Å²) in [6.45, 7) is 0.865. The zero-order chi connectivity index (χ0) is 20.5. The molecule has 30 heavy (non-hydrogen) atoms. The van der Waals surface area contributed by atoms with Gasteiger partial charge >= 0.3 is 6.09 Å². The van der Waals surface area contributed by atoms with Gasteiger partial charge < -0.3 is 10.1 Å². The number of carbonyl (C=O) groups excluding carboxylic acids is 2. The number of hydrogen-bond donors (Lipinski definition) is 1. The maximum Gasteiger partial charge on any atom is 0.414 e. The molecule has 1 heterocycles. The zero-order valence-corrected chi connectivity index (χ0v) is 16.5. The number of rotatable bonds is 5. The summed E-state index contributed by atoms with van der Waals surface area (Å²) in [7, 11) is 0. The molecule has 150 valence electrons. The molecule has 0 radical (unpaired) electrons. The molecule has 5 rings (SSSR count). The van der Waals surface area contributed by atoms with E-state index in [0.717, 1.165) is 5.69 Å². The summed E-state index contributed by atoms with van der Waals surface area (Å²) in [5.41, 5.74) is 4.62. The van der Waals surface area contributed by atoms with Crippen LogP contribution in [0.4, 0.5) is 16.2 Å². The summed E-state index contributed by atoms with van der Waals surface area (Å²) >= 11 is 0. The van der Waals surface area contributed by atoms with Gasteiger partial charge in [0, 0.05) is 16.9 Å². The Balaban J connectivity index is 1.24. The van der Waals surface area contributed by atoms with Gasteiger partial charge in [-0.3, -0.25) is 9.69 Å². The highest BCUT2D eigenvalue weighted by Crippen LogP contribution is 2.54. The van der Waals surface area contributed by atoms with Gasteiger partial charge in [0.15, 0.2) is 0 Å². The van der Waals surface area contributed by atoms with Gasteiger partial charge in [0.05, 0.1) is 6.54 Å². The van der Waals surface area contributed by atoms with Gasteiger partial charge in [-0.25, -0.2) is 4.79 Å². The lowest BCUT2D eigenvalue weighted by Gasteiger charge is -2.14. The van der Waals surface area contributed by atoms with Crippen LogP contribution in [0.5, 0.6) is 0 Å². The van der Waals surface area contributed by atoms with Crippen molar-refractivity contribution in [2.75, 3.05) is 23.4 Å². The van der Waals surface area contributed by atoms with Gasteiger partial charge in [-0.2, -0.15) is 0 Å². The van der Waals surface area contributed by atoms with Crippen LogP contribution in [0.3, 0.4) is 0 Å². The molecule has 2 aliphatic rings. The van der Waals surface area contributed by atoms with Gasteiger partial charge in [0.25, 0.3) is 5.91 Å². The topological polar surface area (TPSA) is 58.6 Å². The molecular weight excluding hydrogens is 376 g/mol. The van der Waals surface area contributed by atoms with Crippen LogP contribution in [0.25, 0.3) is 0 Å². The average molecular weight is 398 g/mol. The van der Waals surface area contributed by atoms with Crippen molar-refractivity contribution in [1.82, 2.24) is 0 Å². The number of carbonyl (C=O) groups is 2. The fourth-order valence-electron chi connectivity index (χ4n) is 4.09. The molecule has 1 saturated heterocycles. The van der Waals surface area contributed by atoms with Gasteiger partial charge in [-0.15, -0.1) is 0 Å². The predicted octanol–water partition coefficient (Wildman–Crippen LogP) is 5.17. The molecule has 0 unspecified atom stereocenters. The number of cyclic esters (lactones) is 1. The van der Waals surface area contributed by atoms with E-state index >= 15 is 0 Å². The van der Waals surface area contributed by atoms with E-state index in [0.29, 0.717) is 36.2 Å². The van der Waals surface area contributed by atoms with E-state index in [1.54, 1.807) is 24.3 Å². The Morgan fingerprint density at radius 1 is 0.900 bits per heavy atom. The molecule has 1 N–H and O–H groups in total. The third-order valence-corrected chi connectivity index (χ3v) is 5.80. The number of anilines is 2. The minimum atomic E-state index is -0.378. The van der Waals surface area contributed by atoms with E-state index in [1.165, 1.54) is 22.4 Å². The lowest BCUT2D eigenvalue weighted by molar-refractivity contribution is 0.102. The van der Waals surface area contributed by atoms with Crippen LogP contribution in [0.1, 0.15) is 39.7 Å². The number of amides is 2. The average Bonchev–Trinajstić information content (AvgIpc) is 3.48. The van der Waals surface area contributed by atoms with Crippen LogP contribution in [-0.4, -0.2) is 25.2 Å². The van der Waals surface area contributed by atoms with Crippen LogP contribution >= 0.6 is 0 Å². The zero-order valence-electron chi connectivity index (χ0n) is 16.5. The first-order chi connectivity index (χ1) is 14.7. The highest BCUT2D eigenvalue weighted by molar-refractivity contribution is 6.05. The SMILES string of the molecule is O=C(Nc1ccc([C@@H]2C[C@@H]2c2ccccc2)cc1)c1cccc(N2CCOC2=O)c1. The van der Waals surface area contributed by atoms with Crippen LogP contribution in [0.2, 0.25) is 0 Å². The maximum atomic E-state index is 12.7. The van der Waals surface area contributed by atoms with Gasteiger partial charge in [-0.05, 0) is 59.7 Å². The molecular formula is C25H22N2O3. The van der Waals surface area contributed by atoms with Crippen molar-refractivity contribution < 1.29 is 14.3 Å². The molecule has 3 aromatic carbocycles. The molecule has 1 aliphatic carbocycles. The van der Waals surface area contributed by atoms with Crippen LogP contribution in [0.15, 0.2) is 78.9 Å². The Morgan fingerprint density at radius 2 is 1.63 bits per heavy atom. The van der Waals surface area contributed by atoms with Crippen molar-refractivity contribution in [3.8, 4) is 0 Å². The van der Waals surface area contributed by atoms with Crippen LogP contribution in [0, 0.1) is 0 Å². The molecule has 2 amide bonds. The summed E-state index contributed by atoms with van der Waals surface area (Å²) in [6, 6.07) is 25.7. The van der Waals surface area contributed by atoms with Crippen molar-refractivity contribution in [2.24, 2.45) is 0 Å². The number of nitrogens with zero attached hydrogens (tertiary/aromatic N) is 1. The lowest BCUT2D eigenvalue weighted by atomic mass is 10.0. The Kier molecular flexibility index (Phi) is 4.71. The fourth-order valence-corrected chi connectivity index (χ4v) is 4.09. The van der Waals surface area contributed by atoms with E-state index < -0.39 is 0 Å². The van der Waals surface area contributed by atoms with Crippen molar-refractivity contribution in [2.45, 2.75) is 18.3 Å². The molecule has 2 fully saturated rings. The van der Waals surface area contributed by atoms with E-state index in [2.05, 4.69) is 41.7 Å². The highest BCUT2D eigenvalue weighted by atomic mass is 16.6. The molecule has 2 atom stereocenters. The van der Waals surface area contributed by atoms with Crippen molar-refractivity contribution in [3.63, 3.8) is 0 Å². The van der Waals surface area contributed by atoms with Crippen molar-refractivity contribution in [1.29, 1.82) is 0 Å². The lowest BCUT2D eigenvalue weighted by Crippen LogP contribution is -2.23. The standard InChI is InChI=1S/C25H22N2O3/c28-24(19-7-4-8-21(15-19)27-13-14-30-25(27)29)26-20-11-9-18(10-12-20)23-16-22(23)17-5-2-1-3-6-17/h1-12,15,22-23H,13-14,16H2,(H,26,28)/t22-,23+/m1/s1. The Hall–Kier alpha value is -3.60. The highest BCUT2D eigenvalue weighted by Gasteiger charge is 2.39. The third kappa shape index (κ3) is 3.66. The van der Waals surface area contributed by atoms with Crippen molar-refractivity contribution >= 4 is 23.4 Å². The predicted molar refractivity (Wildman–Crippen MR) is 116 cm³/mol. The third-order valence-electron chi connectivity index (χ3n) is 5.80. The normalized spacial score (nSPS) is 20.0. The molecule has 0 spiro atoms. The number of nitrogens with one attached hydrogen (secondary N) is 1. The molecule has 3 aromatic rings. The second-order valence-electron chi connectivity index (χ2n) is 7.75. The van der Waals surface area contributed by atoms with E-state index in [-0.39, 0.29) is 12.0 Å². The van der Waals surface area contributed by atoms with Crippen molar-refractivity contribution in [3.05, 3.63) is 95.6 Å². The summed E-state index contributed by atoms with van der Waals surface area (Å²) in [6.07, 6.45) is 0.790. The number of benzene rings is 3. The Morgan fingerprint density at radius 3 is 2.33 bits per heavy atom. The summed E-state index contributed by atoms with van der Waals surface area (Å²) in [5.74, 6) is 0.937. The van der Waals surface area contributed by atoms with Crippen LogP contribution in [-0.2, 0) is 4.74 Å². The summed E-state index contributed by atoms with van der Waals surface area (Å²) in [5, 5.41) is 2.94. The van der Waals surface area contributed by atoms with E-state index in [4.69, 9.17) is 4.74 Å².